The Morgan fingerprint density at radius 2 is 1.26 bits per heavy atom. The highest BCUT2D eigenvalue weighted by Crippen LogP contribution is 2.09. The van der Waals surface area contributed by atoms with Gasteiger partial charge in [0, 0.05) is 19.3 Å². The number of carbonyl (C=O) groups is 3. The van der Waals surface area contributed by atoms with Gasteiger partial charge in [0.1, 0.15) is 12.6 Å². The summed E-state index contributed by atoms with van der Waals surface area (Å²) >= 11 is 0. The number of likely N-dealkylation sites (N-methyl/N-ethyl adjacent to an activating group) is 1. The van der Waals surface area contributed by atoms with Crippen LogP contribution in [0.2, 0.25) is 0 Å². The van der Waals surface area contributed by atoms with Gasteiger partial charge in [0.2, 0.25) is 0 Å². The van der Waals surface area contributed by atoms with Crippen LogP contribution < -0.4 is 5.11 Å². The fourth-order valence-corrected chi connectivity index (χ4v) is 3.96. The van der Waals surface area contributed by atoms with E-state index in [2.05, 4.69) is 62.5 Å². The number of carboxylic acid groups (broad SMARTS) is 1. The molecule has 0 aliphatic carbocycles. The second kappa shape index (κ2) is 26.6. The Hall–Kier alpha value is -2.97. The van der Waals surface area contributed by atoms with E-state index < -0.39 is 24.1 Å². The van der Waals surface area contributed by atoms with E-state index >= 15 is 0 Å². The molecule has 0 aromatic rings. The molecule has 0 amide bonds. The third kappa shape index (κ3) is 25.3. The lowest BCUT2D eigenvalue weighted by molar-refractivity contribution is -0.889. The number of unbranched alkanes of at least 4 members (excludes halogenated alkanes) is 2. The number of carbonyl (C=O) groups excluding carboxylic acids is 3. The molecule has 0 spiro atoms. The standard InChI is InChI=1S/C35H57NO7/c1-6-8-10-12-14-15-16-17-18-20-21-23-25-33(37)42-30-31(29-41-28-27-32(35(39)40)36(3,4)5)43-34(38)26-24-22-19-13-11-9-7-2/h8-11,14-15,17-19,22,31-32H,6-7,12-13,16,20-21,23-30H2,1-5H3/b10-8+,11-9+,15-14+,18-17+,22-19+. The van der Waals surface area contributed by atoms with Gasteiger partial charge >= 0.3 is 11.9 Å². The molecule has 8 heteroatoms. The lowest BCUT2D eigenvalue weighted by atomic mass is 10.1. The van der Waals surface area contributed by atoms with E-state index in [9.17, 15) is 19.5 Å². The minimum absolute atomic E-state index is 0.00170. The van der Waals surface area contributed by atoms with Gasteiger partial charge in [-0.2, -0.15) is 0 Å². The molecular formula is C35H57NO7. The summed E-state index contributed by atoms with van der Waals surface area (Å²) in [4.78, 5) is 36.2. The molecule has 0 radical (unpaired) electrons. The molecule has 0 heterocycles. The molecule has 0 rings (SSSR count). The van der Waals surface area contributed by atoms with Crippen molar-refractivity contribution >= 4 is 17.9 Å². The molecule has 0 saturated heterocycles. The minimum atomic E-state index is -1.14. The second-order valence-corrected chi connectivity index (χ2v) is 11.3. The van der Waals surface area contributed by atoms with Gasteiger partial charge in [0.05, 0.1) is 40.3 Å². The van der Waals surface area contributed by atoms with Crippen LogP contribution in [0.15, 0.2) is 60.8 Å². The highest BCUT2D eigenvalue weighted by Gasteiger charge is 2.25. The SMILES string of the molecule is CC/C=C/C/C=C/C/C=C/CCCCC(=O)OCC(COCCC(C(=O)[O-])[N+](C)(C)C)OC(=O)CC/C=C/C/C=C/CC. The highest BCUT2D eigenvalue weighted by atomic mass is 16.6. The van der Waals surface area contributed by atoms with Gasteiger partial charge in [0.15, 0.2) is 6.10 Å². The van der Waals surface area contributed by atoms with Gasteiger partial charge in [-0.25, -0.2) is 0 Å². The molecule has 0 aromatic carbocycles. The Bertz CT molecular complexity index is 896. The van der Waals surface area contributed by atoms with Crippen molar-refractivity contribution in [2.75, 3.05) is 41.0 Å². The number of nitrogens with zero attached hydrogens (tertiary/aromatic N) is 1. The fourth-order valence-electron chi connectivity index (χ4n) is 3.96. The van der Waals surface area contributed by atoms with Crippen LogP contribution in [0.1, 0.15) is 90.9 Å². The summed E-state index contributed by atoms with van der Waals surface area (Å²) in [6.45, 7) is 4.23. The lowest BCUT2D eigenvalue weighted by Crippen LogP contribution is -2.55. The van der Waals surface area contributed by atoms with Crippen LogP contribution in [0.3, 0.4) is 0 Å². The monoisotopic (exact) mass is 603 g/mol. The number of rotatable bonds is 26. The normalized spacial score (nSPS) is 14.0. The molecule has 0 aliphatic rings. The van der Waals surface area contributed by atoms with Crippen molar-refractivity contribution in [3.63, 3.8) is 0 Å². The summed E-state index contributed by atoms with van der Waals surface area (Å²) in [5.74, 6) is -1.90. The maximum absolute atomic E-state index is 12.4. The third-order valence-electron chi connectivity index (χ3n) is 6.41. The van der Waals surface area contributed by atoms with E-state index in [4.69, 9.17) is 14.2 Å². The van der Waals surface area contributed by atoms with Crippen LogP contribution >= 0.6 is 0 Å². The van der Waals surface area contributed by atoms with Gasteiger partial charge in [0.25, 0.3) is 0 Å². The zero-order valence-electron chi connectivity index (χ0n) is 27.3. The Morgan fingerprint density at radius 1 is 0.698 bits per heavy atom. The van der Waals surface area contributed by atoms with Crippen LogP contribution in [0, 0.1) is 0 Å². The molecule has 0 bridgehead atoms. The first kappa shape index (κ1) is 40.0. The summed E-state index contributed by atoms with van der Waals surface area (Å²) in [5.41, 5.74) is 0. The second-order valence-electron chi connectivity index (χ2n) is 11.3. The van der Waals surface area contributed by atoms with Crippen molar-refractivity contribution in [3.05, 3.63) is 60.8 Å². The largest absolute Gasteiger partial charge is 0.544 e. The van der Waals surface area contributed by atoms with E-state index in [1.807, 2.05) is 12.2 Å². The van der Waals surface area contributed by atoms with E-state index in [1.165, 1.54) is 0 Å². The Morgan fingerprint density at radius 3 is 1.81 bits per heavy atom. The van der Waals surface area contributed by atoms with Crippen molar-refractivity contribution in [2.24, 2.45) is 0 Å². The Balaban J connectivity index is 4.61. The van der Waals surface area contributed by atoms with Crippen LogP contribution in [-0.4, -0.2) is 75.5 Å². The molecule has 8 nitrogen and oxygen atoms in total. The quantitative estimate of drug-likeness (QED) is 0.0534. The van der Waals surface area contributed by atoms with Crippen molar-refractivity contribution in [1.82, 2.24) is 0 Å². The van der Waals surface area contributed by atoms with Gasteiger partial charge in [-0.3, -0.25) is 9.59 Å². The lowest BCUT2D eigenvalue weighted by Gasteiger charge is -2.34. The summed E-state index contributed by atoms with van der Waals surface area (Å²) in [6, 6.07) is -0.739. The number of quaternary nitrogens is 1. The third-order valence-corrected chi connectivity index (χ3v) is 6.41. The summed E-state index contributed by atoms with van der Waals surface area (Å²) in [6.07, 6.45) is 28.7. The maximum Gasteiger partial charge on any atom is 0.306 e. The molecule has 2 unspecified atom stereocenters. The van der Waals surface area contributed by atoms with Crippen molar-refractivity contribution in [2.45, 2.75) is 103 Å². The van der Waals surface area contributed by atoms with Gasteiger partial charge in [-0.05, 0) is 57.8 Å². The topological polar surface area (TPSA) is 102 Å². The van der Waals surface area contributed by atoms with E-state index in [0.29, 0.717) is 12.8 Å². The van der Waals surface area contributed by atoms with Crippen LogP contribution in [0.5, 0.6) is 0 Å². The Labute approximate surface area is 260 Å². The average Bonchev–Trinajstić information content (AvgIpc) is 2.94. The minimum Gasteiger partial charge on any atom is -0.544 e. The van der Waals surface area contributed by atoms with E-state index in [1.54, 1.807) is 21.1 Å². The predicted molar refractivity (Wildman–Crippen MR) is 171 cm³/mol. The van der Waals surface area contributed by atoms with E-state index in [-0.39, 0.29) is 49.5 Å². The summed E-state index contributed by atoms with van der Waals surface area (Å²) < 4.78 is 16.8. The molecule has 0 aliphatic heterocycles. The number of esters is 2. The summed E-state index contributed by atoms with van der Waals surface area (Å²) in [7, 11) is 5.34. The van der Waals surface area contributed by atoms with Crippen molar-refractivity contribution in [1.29, 1.82) is 0 Å². The number of ether oxygens (including phenoxy) is 3. The molecule has 0 aromatic heterocycles. The number of aliphatic carboxylic acids is 1. The number of allylic oxidation sites excluding steroid dienone is 10. The molecular weight excluding hydrogens is 546 g/mol. The van der Waals surface area contributed by atoms with Crippen LogP contribution in [0.4, 0.5) is 0 Å². The molecule has 0 fully saturated rings. The fraction of sp³-hybridized carbons (Fsp3) is 0.629. The van der Waals surface area contributed by atoms with Gasteiger partial charge < -0.3 is 28.6 Å². The number of hydrogen-bond acceptors (Lipinski definition) is 7. The van der Waals surface area contributed by atoms with Crippen molar-refractivity contribution < 1.29 is 38.2 Å². The molecule has 0 N–H and O–H groups in total. The first-order chi connectivity index (χ1) is 20.6. The van der Waals surface area contributed by atoms with Crippen LogP contribution in [0.25, 0.3) is 0 Å². The average molecular weight is 604 g/mol. The van der Waals surface area contributed by atoms with Crippen LogP contribution in [-0.2, 0) is 28.6 Å². The Kier molecular flexibility index (Phi) is 24.8. The van der Waals surface area contributed by atoms with Gasteiger partial charge in [-0.15, -0.1) is 0 Å². The zero-order valence-corrected chi connectivity index (χ0v) is 27.3. The molecule has 43 heavy (non-hydrogen) atoms. The maximum atomic E-state index is 12.4. The first-order valence-electron chi connectivity index (χ1n) is 15.8. The van der Waals surface area contributed by atoms with Gasteiger partial charge in [-0.1, -0.05) is 74.6 Å². The zero-order chi connectivity index (χ0) is 32.2. The van der Waals surface area contributed by atoms with Crippen molar-refractivity contribution in [3.8, 4) is 0 Å². The molecule has 0 saturated carbocycles. The number of carboxylic acids is 1. The molecule has 2 atom stereocenters. The smallest absolute Gasteiger partial charge is 0.306 e. The highest BCUT2D eigenvalue weighted by molar-refractivity contribution is 5.70. The van der Waals surface area contributed by atoms with E-state index in [0.717, 1.165) is 44.9 Å². The summed E-state index contributed by atoms with van der Waals surface area (Å²) in [5, 5.41) is 11.5. The number of hydrogen-bond donors (Lipinski definition) is 0. The predicted octanol–water partition coefficient (Wildman–Crippen LogP) is 5.78. The first-order valence-corrected chi connectivity index (χ1v) is 15.8. The molecule has 244 valence electrons.